The highest BCUT2D eigenvalue weighted by Crippen LogP contribution is 2.50. The fourth-order valence-corrected chi connectivity index (χ4v) is 3.24. The highest BCUT2D eigenvalue weighted by Gasteiger charge is 2.54. The maximum atomic E-state index is 12.1. The van der Waals surface area contributed by atoms with Gasteiger partial charge >= 0.3 is 6.03 Å². The Balaban J connectivity index is 1.66. The SMILES string of the molecule is Cc1cc(NC(=O)NC(=O)c2ccccc2Cl)cc(C)c1OC1CC1(Cl)Cl. The van der Waals surface area contributed by atoms with Gasteiger partial charge in [-0.1, -0.05) is 46.9 Å². The molecule has 5 nitrogen and oxygen atoms in total. The number of hydrogen-bond acceptors (Lipinski definition) is 3. The number of halogens is 3. The first-order valence-electron chi connectivity index (χ1n) is 8.20. The van der Waals surface area contributed by atoms with E-state index in [1.807, 2.05) is 13.8 Å². The summed E-state index contributed by atoms with van der Waals surface area (Å²) in [5.41, 5.74) is 2.39. The number of imide groups is 1. The van der Waals surface area contributed by atoms with Crippen LogP contribution in [0.25, 0.3) is 0 Å². The van der Waals surface area contributed by atoms with Gasteiger partial charge in [-0.15, -0.1) is 0 Å². The van der Waals surface area contributed by atoms with Crippen molar-refractivity contribution in [1.29, 1.82) is 0 Å². The summed E-state index contributed by atoms with van der Waals surface area (Å²) < 4.78 is 5.00. The lowest BCUT2D eigenvalue weighted by molar-refractivity contribution is 0.0967. The fraction of sp³-hybridized carbons (Fsp3) is 0.263. The first-order chi connectivity index (χ1) is 12.7. The maximum absolute atomic E-state index is 12.1. The fourth-order valence-electron chi connectivity index (χ4n) is 2.64. The molecule has 1 aliphatic rings. The van der Waals surface area contributed by atoms with Crippen molar-refractivity contribution in [3.05, 3.63) is 58.1 Å². The van der Waals surface area contributed by atoms with Crippen LogP contribution in [-0.4, -0.2) is 22.4 Å². The first kappa shape index (κ1) is 19.8. The number of alkyl halides is 2. The Hall–Kier alpha value is -1.95. The van der Waals surface area contributed by atoms with Gasteiger partial charge in [0.05, 0.1) is 10.6 Å². The molecule has 1 fully saturated rings. The van der Waals surface area contributed by atoms with Gasteiger partial charge < -0.3 is 10.1 Å². The highest BCUT2D eigenvalue weighted by atomic mass is 35.5. The van der Waals surface area contributed by atoms with Crippen LogP contribution in [0.4, 0.5) is 10.5 Å². The number of rotatable bonds is 4. The molecule has 0 heterocycles. The Kier molecular flexibility index (Phi) is 5.56. The third-order valence-electron chi connectivity index (χ3n) is 4.09. The lowest BCUT2D eigenvalue weighted by Crippen LogP contribution is -2.34. The molecule has 0 spiro atoms. The Morgan fingerprint density at radius 2 is 1.74 bits per heavy atom. The summed E-state index contributed by atoms with van der Waals surface area (Å²) in [7, 11) is 0. The number of carbonyl (C=O) groups is 2. The van der Waals surface area contributed by atoms with E-state index in [2.05, 4.69) is 10.6 Å². The molecule has 2 N–H and O–H groups in total. The molecule has 1 aliphatic carbocycles. The Bertz CT molecular complexity index is 892. The van der Waals surface area contributed by atoms with E-state index in [1.54, 1.807) is 30.3 Å². The molecule has 8 heteroatoms. The summed E-state index contributed by atoms with van der Waals surface area (Å²) in [6.07, 6.45) is 0.329. The molecule has 1 unspecified atom stereocenters. The van der Waals surface area contributed by atoms with E-state index in [0.717, 1.165) is 11.1 Å². The molecule has 0 aliphatic heterocycles. The third kappa shape index (κ3) is 4.67. The van der Waals surface area contributed by atoms with E-state index in [9.17, 15) is 9.59 Å². The van der Waals surface area contributed by atoms with Crippen LogP contribution in [0.1, 0.15) is 27.9 Å². The van der Waals surface area contributed by atoms with Crippen molar-refractivity contribution in [3.8, 4) is 5.75 Å². The van der Waals surface area contributed by atoms with Crippen molar-refractivity contribution < 1.29 is 14.3 Å². The number of amides is 3. The van der Waals surface area contributed by atoms with Gasteiger partial charge in [0.2, 0.25) is 0 Å². The zero-order valence-electron chi connectivity index (χ0n) is 14.6. The average Bonchev–Trinajstić information content (AvgIpc) is 3.17. The van der Waals surface area contributed by atoms with Crippen molar-refractivity contribution in [2.24, 2.45) is 0 Å². The quantitative estimate of drug-likeness (QED) is 0.655. The third-order valence-corrected chi connectivity index (χ3v) is 5.22. The largest absolute Gasteiger partial charge is 0.487 e. The minimum absolute atomic E-state index is 0.223. The predicted octanol–water partition coefficient (Wildman–Crippen LogP) is 5.24. The number of benzene rings is 2. The lowest BCUT2D eigenvalue weighted by Gasteiger charge is -2.15. The standard InChI is InChI=1S/C19H17Cl3N2O3/c1-10-7-12(8-11(2)16(10)27-15-9-19(15,21)22)23-18(26)24-17(25)13-5-3-4-6-14(13)20/h3-8,15H,9H2,1-2H3,(H2,23,24,25,26). The van der Waals surface area contributed by atoms with Crippen molar-refractivity contribution >= 4 is 52.4 Å². The molecule has 1 saturated carbocycles. The van der Waals surface area contributed by atoms with Crippen LogP contribution in [0.2, 0.25) is 5.02 Å². The second kappa shape index (κ2) is 7.58. The van der Waals surface area contributed by atoms with Crippen molar-refractivity contribution in [3.63, 3.8) is 0 Å². The topological polar surface area (TPSA) is 67.4 Å². The van der Waals surface area contributed by atoms with Gasteiger partial charge in [0.15, 0.2) is 4.33 Å². The normalized spacial score (nSPS) is 17.1. The smallest absolute Gasteiger partial charge is 0.326 e. The summed E-state index contributed by atoms with van der Waals surface area (Å²) in [5, 5.41) is 5.16. The first-order valence-corrected chi connectivity index (χ1v) is 9.33. The van der Waals surface area contributed by atoms with Crippen LogP contribution < -0.4 is 15.4 Å². The van der Waals surface area contributed by atoms with Gasteiger partial charge in [-0.05, 0) is 49.2 Å². The van der Waals surface area contributed by atoms with Crippen LogP contribution in [0.3, 0.4) is 0 Å². The number of ether oxygens (including phenoxy) is 1. The average molecular weight is 428 g/mol. The summed E-state index contributed by atoms with van der Waals surface area (Å²) in [6.45, 7) is 3.71. The Labute approximate surface area is 171 Å². The van der Waals surface area contributed by atoms with Gasteiger partial charge in [-0.3, -0.25) is 10.1 Å². The van der Waals surface area contributed by atoms with Crippen molar-refractivity contribution in [2.75, 3.05) is 5.32 Å². The van der Waals surface area contributed by atoms with Crippen molar-refractivity contribution in [1.82, 2.24) is 5.32 Å². The summed E-state index contributed by atoms with van der Waals surface area (Å²) >= 11 is 18.0. The van der Waals surface area contributed by atoms with Gasteiger partial charge in [0, 0.05) is 12.1 Å². The van der Waals surface area contributed by atoms with Crippen LogP contribution in [0, 0.1) is 13.8 Å². The van der Waals surface area contributed by atoms with Crippen LogP contribution in [0.15, 0.2) is 36.4 Å². The molecule has 2 aromatic carbocycles. The van der Waals surface area contributed by atoms with Gasteiger partial charge in [-0.25, -0.2) is 4.79 Å². The zero-order chi connectivity index (χ0) is 19.8. The van der Waals surface area contributed by atoms with Gasteiger partial charge in [-0.2, -0.15) is 0 Å². The molecular formula is C19H17Cl3N2O3. The Morgan fingerprint density at radius 3 is 2.30 bits per heavy atom. The number of carbonyl (C=O) groups excluding carboxylic acids is 2. The minimum Gasteiger partial charge on any atom is -0.487 e. The number of aryl methyl sites for hydroxylation is 2. The molecule has 142 valence electrons. The number of anilines is 1. The predicted molar refractivity (Wildman–Crippen MR) is 107 cm³/mol. The number of hydrogen-bond donors (Lipinski definition) is 2. The lowest BCUT2D eigenvalue weighted by atomic mass is 10.1. The minimum atomic E-state index is -0.839. The molecule has 3 amide bonds. The van der Waals surface area contributed by atoms with Gasteiger partial charge in [0.1, 0.15) is 11.9 Å². The second-order valence-corrected chi connectivity index (χ2v) is 8.35. The molecule has 0 aromatic heterocycles. The van der Waals surface area contributed by atoms with E-state index in [1.165, 1.54) is 6.07 Å². The van der Waals surface area contributed by atoms with Gasteiger partial charge in [0.25, 0.3) is 5.91 Å². The Morgan fingerprint density at radius 1 is 1.15 bits per heavy atom. The molecule has 3 rings (SSSR count). The molecule has 0 radical (unpaired) electrons. The molecular weight excluding hydrogens is 411 g/mol. The van der Waals surface area contributed by atoms with Crippen molar-refractivity contribution in [2.45, 2.75) is 30.7 Å². The van der Waals surface area contributed by atoms with Crippen LogP contribution in [0.5, 0.6) is 5.75 Å². The molecule has 27 heavy (non-hydrogen) atoms. The van der Waals surface area contributed by atoms with E-state index in [-0.39, 0.29) is 16.7 Å². The highest BCUT2D eigenvalue weighted by molar-refractivity contribution is 6.51. The molecule has 0 bridgehead atoms. The summed E-state index contributed by atoms with van der Waals surface area (Å²) in [5.74, 6) is 0.0991. The molecule has 2 aromatic rings. The molecule has 1 atom stereocenters. The van der Waals surface area contributed by atoms with E-state index < -0.39 is 16.3 Å². The number of nitrogens with one attached hydrogen (secondary N) is 2. The van der Waals surface area contributed by atoms with E-state index in [4.69, 9.17) is 39.5 Å². The van der Waals surface area contributed by atoms with Crippen LogP contribution >= 0.6 is 34.8 Å². The monoisotopic (exact) mass is 426 g/mol. The van der Waals surface area contributed by atoms with E-state index in [0.29, 0.717) is 17.9 Å². The van der Waals surface area contributed by atoms with Crippen LogP contribution in [-0.2, 0) is 0 Å². The van der Waals surface area contributed by atoms with E-state index >= 15 is 0 Å². The zero-order valence-corrected chi connectivity index (χ0v) is 16.9. The number of urea groups is 1. The summed E-state index contributed by atoms with van der Waals surface area (Å²) in [6, 6.07) is 9.32. The molecule has 0 saturated heterocycles. The maximum Gasteiger partial charge on any atom is 0.326 e. The second-order valence-electron chi connectivity index (χ2n) is 6.40. The summed E-state index contributed by atoms with van der Waals surface area (Å²) in [4.78, 5) is 24.3.